The van der Waals surface area contributed by atoms with E-state index in [4.69, 9.17) is 0 Å². The number of anilines is 1. The number of benzene rings is 2. The van der Waals surface area contributed by atoms with Crippen LogP contribution >= 0.6 is 0 Å². The summed E-state index contributed by atoms with van der Waals surface area (Å²) in [5.74, 6) is 0. The summed E-state index contributed by atoms with van der Waals surface area (Å²) in [6, 6.07) is 14.9. The quantitative estimate of drug-likeness (QED) is 0.751. The first kappa shape index (κ1) is 13.7. The lowest BCUT2D eigenvalue weighted by molar-refractivity contribution is 0.634. The molecule has 21 heavy (non-hydrogen) atoms. The molecule has 0 bridgehead atoms. The molecule has 3 heteroatoms. The van der Waals surface area contributed by atoms with E-state index in [1.165, 1.54) is 16.5 Å². The van der Waals surface area contributed by atoms with E-state index in [9.17, 15) is 0 Å². The summed E-state index contributed by atoms with van der Waals surface area (Å²) in [7, 11) is 1.98. The second-order valence-corrected chi connectivity index (χ2v) is 6.46. The number of rotatable bonds is 2. The molecule has 1 N–H and O–H groups in total. The van der Waals surface area contributed by atoms with Gasteiger partial charge in [-0.3, -0.25) is 4.68 Å². The second kappa shape index (κ2) is 4.92. The van der Waals surface area contributed by atoms with Gasteiger partial charge in [-0.1, -0.05) is 24.3 Å². The predicted molar refractivity (Wildman–Crippen MR) is 89.5 cm³/mol. The first-order valence-electron chi connectivity index (χ1n) is 7.23. The third kappa shape index (κ3) is 2.77. The molecule has 0 atom stereocenters. The van der Waals surface area contributed by atoms with Gasteiger partial charge in [-0.05, 0) is 50.1 Å². The molecule has 0 saturated carbocycles. The molecule has 108 valence electrons. The summed E-state index contributed by atoms with van der Waals surface area (Å²) in [6.45, 7) is 6.50. The van der Waals surface area contributed by atoms with E-state index in [-0.39, 0.29) is 5.54 Å². The van der Waals surface area contributed by atoms with Crippen molar-refractivity contribution in [1.82, 2.24) is 9.78 Å². The minimum atomic E-state index is 0.0545. The molecule has 2 aromatic carbocycles. The molecule has 1 heterocycles. The fourth-order valence-corrected chi connectivity index (χ4v) is 2.63. The van der Waals surface area contributed by atoms with Gasteiger partial charge in [0, 0.05) is 23.7 Å². The highest BCUT2D eigenvalue weighted by atomic mass is 15.2. The summed E-state index contributed by atoms with van der Waals surface area (Å²) >= 11 is 0. The van der Waals surface area contributed by atoms with Crippen LogP contribution in [0.5, 0.6) is 0 Å². The fourth-order valence-electron chi connectivity index (χ4n) is 2.63. The average molecular weight is 279 g/mol. The molecule has 0 spiro atoms. The molecular formula is C18H21N3. The van der Waals surface area contributed by atoms with E-state index in [0.29, 0.717) is 0 Å². The van der Waals surface area contributed by atoms with Crippen molar-refractivity contribution in [3.05, 3.63) is 48.7 Å². The topological polar surface area (TPSA) is 29.9 Å². The van der Waals surface area contributed by atoms with E-state index in [2.05, 4.69) is 73.7 Å². The van der Waals surface area contributed by atoms with Crippen molar-refractivity contribution in [2.24, 2.45) is 7.05 Å². The minimum Gasteiger partial charge on any atom is -0.380 e. The van der Waals surface area contributed by atoms with Crippen LogP contribution in [0.25, 0.3) is 22.0 Å². The van der Waals surface area contributed by atoms with Crippen LogP contribution < -0.4 is 5.32 Å². The molecule has 0 radical (unpaired) electrons. The molecule has 0 amide bonds. The lowest BCUT2D eigenvalue weighted by Crippen LogP contribution is -2.25. The van der Waals surface area contributed by atoms with Crippen molar-refractivity contribution < 1.29 is 0 Å². The highest BCUT2D eigenvalue weighted by Gasteiger charge is 2.11. The Hall–Kier alpha value is -2.29. The van der Waals surface area contributed by atoms with Crippen LogP contribution in [0, 0.1) is 0 Å². The van der Waals surface area contributed by atoms with Crippen LogP contribution in [0.15, 0.2) is 48.7 Å². The Morgan fingerprint density at radius 2 is 1.81 bits per heavy atom. The highest BCUT2D eigenvalue weighted by molar-refractivity contribution is 5.95. The molecule has 3 rings (SSSR count). The maximum absolute atomic E-state index is 4.36. The molecule has 3 aromatic rings. The first-order chi connectivity index (χ1) is 9.94. The zero-order valence-electron chi connectivity index (χ0n) is 13.0. The standard InChI is InChI=1S/C18H21N3/c1-18(2,3)20-14-8-5-7-13(11-14)15-9-6-10-17-16(15)12-19-21(17)4/h5-12,20H,1-4H3. The Kier molecular flexibility index (Phi) is 3.20. The number of hydrogen-bond donors (Lipinski definition) is 1. The average Bonchev–Trinajstić information content (AvgIpc) is 2.79. The van der Waals surface area contributed by atoms with E-state index in [1.54, 1.807) is 0 Å². The lowest BCUT2D eigenvalue weighted by Gasteiger charge is -2.22. The Labute approximate surface area is 125 Å². The number of aromatic nitrogens is 2. The lowest BCUT2D eigenvalue weighted by atomic mass is 10.0. The highest BCUT2D eigenvalue weighted by Crippen LogP contribution is 2.30. The Balaban J connectivity index is 2.09. The van der Waals surface area contributed by atoms with Crippen molar-refractivity contribution in [3.63, 3.8) is 0 Å². The largest absolute Gasteiger partial charge is 0.380 e. The van der Waals surface area contributed by atoms with E-state index in [0.717, 1.165) is 11.2 Å². The van der Waals surface area contributed by atoms with Gasteiger partial charge in [-0.25, -0.2) is 0 Å². The van der Waals surface area contributed by atoms with Gasteiger partial charge in [0.05, 0.1) is 11.7 Å². The molecule has 0 aliphatic carbocycles. The first-order valence-corrected chi connectivity index (χ1v) is 7.23. The maximum atomic E-state index is 4.36. The van der Waals surface area contributed by atoms with Gasteiger partial charge in [0.25, 0.3) is 0 Å². The summed E-state index contributed by atoms with van der Waals surface area (Å²) in [4.78, 5) is 0. The van der Waals surface area contributed by atoms with Gasteiger partial charge < -0.3 is 5.32 Å². The molecule has 1 aromatic heterocycles. The summed E-state index contributed by atoms with van der Waals surface area (Å²) in [5.41, 5.74) is 4.78. The number of nitrogens with one attached hydrogen (secondary N) is 1. The summed E-state index contributed by atoms with van der Waals surface area (Å²) < 4.78 is 1.91. The molecule has 0 saturated heterocycles. The monoisotopic (exact) mass is 279 g/mol. The Morgan fingerprint density at radius 1 is 1.05 bits per heavy atom. The van der Waals surface area contributed by atoms with Crippen molar-refractivity contribution in [2.75, 3.05) is 5.32 Å². The van der Waals surface area contributed by atoms with Crippen LogP contribution in [0.4, 0.5) is 5.69 Å². The van der Waals surface area contributed by atoms with Crippen LogP contribution in [-0.2, 0) is 7.05 Å². The Bertz CT molecular complexity index is 779. The van der Waals surface area contributed by atoms with Crippen molar-refractivity contribution in [2.45, 2.75) is 26.3 Å². The number of nitrogens with zero attached hydrogens (tertiary/aromatic N) is 2. The van der Waals surface area contributed by atoms with Gasteiger partial charge in [0.15, 0.2) is 0 Å². The number of aryl methyl sites for hydroxylation is 1. The maximum Gasteiger partial charge on any atom is 0.0685 e. The normalized spacial score (nSPS) is 11.8. The number of fused-ring (bicyclic) bond motifs is 1. The van der Waals surface area contributed by atoms with Crippen molar-refractivity contribution >= 4 is 16.6 Å². The van der Waals surface area contributed by atoms with Crippen LogP contribution in [0.2, 0.25) is 0 Å². The van der Waals surface area contributed by atoms with Crippen molar-refractivity contribution in [3.8, 4) is 11.1 Å². The van der Waals surface area contributed by atoms with Gasteiger partial charge in [0.1, 0.15) is 0 Å². The second-order valence-electron chi connectivity index (χ2n) is 6.46. The van der Waals surface area contributed by atoms with Crippen molar-refractivity contribution in [1.29, 1.82) is 0 Å². The molecular weight excluding hydrogens is 258 g/mol. The fraction of sp³-hybridized carbons (Fsp3) is 0.278. The zero-order valence-corrected chi connectivity index (χ0v) is 13.0. The van der Waals surface area contributed by atoms with Crippen LogP contribution in [-0.4, -0.2) is 15.3 Å². The van der Waals surface area contributed by atoms with Crippen LogP contribution in [0.1, 0.15) is 20.8 Å². The van der Waals surface area contributed by atoms with E-state index >= 15 is 0 Å². The predicted octanol–water partition coefficient (Wildman–Crippen LogP) is 4.45. The smallest absolute Gasteiger partial charge is 0.0685 e. The molecule has 3 nitrogen and oxygen atoms in total. The number of hydrogen-bond acceptors (Lipinski definition) is 2. The van der Waals surface area contributed by atoms with Gasteiger partial charge in [-0.2, -0.15) is 5.10 Å². The minimum absolute atomic E-state index is 0.0545. The molecule has 0 aliphatic rings. The molecule has 0 unspecified atom stereocenters. The van der Waals surface area contributed by atoms with E-state index < -0.39 is 0 Å². The van der Waals surface area contributed by atoms with Gasteiger partial charge in [-0.15, -0.1) is 0 Å². The van der Waals surface area contributed by atoms with Crippen LogP contribution in [0.3, 0.4) is 0 Å². The van der Waals surface area contributed by atoms with Gasteiger partial charge >= 0.3 is 0 Å². The molecule has 0 aliphatic heterocycles. The third-order valence-corrected chi connectivity index (χ3v) is 3.48. The summed E-state index contributed by atoms with van der Waals surface area (Å²) in [6.07, 6.45) is 1.94. The molecule has 0 fully saturated rings. The van der Waals surface area contributed by atoms with E-state index in [1.807, 2.05) is 17.9 Å². The SMILES string of the molecule is Cn1ncc2c(-c3cccc(NC(C)(C)C)c3)cccc21. The third-order valence-electron chi connectivity index (χ3n) is 3.48. The van der Waals surface area contributed by atoms with Gasteiger partial charge in [0.2, 0.25) is 0 Å². The Morgan fingerprint density at radius 3 is 2.57 bits per heavy atom. The zero-order chi connectivity index (χ0) is 15.0. The summed E-state index contributed by atoms with van der Waals surface area (Å²) in [5, 5.41) is 9.08.